The topological polar surface area (TPSA) is 44.1 Å². The van der Waals surface area contributed by atoms with Crippen LogP contribution in [-0.2, 0) is 0 Å². The number of aryl methyl sites for hydroxylation is 1. The molecule has 1 aromatic carbocycles. The van der Waals surface area contributed by atoms with Crippen LogP contribution in [0.1, 0.15) is 29.3 Å². The van der Waals surface area contributed by atoms with Gasteiger partial charge in [-0.2, -0.15) is 5.26 Å². The van der Waals surface area contributed by atoms with E-state index in [0.29, 0.717) is 25.1 Å². The van der Waals surface area contributed by atoms with E-state index in [0.717, 1.165) is 10.0 Å². The van der Waals surface area contributed by atoms with Gasteiger partial charge >= 0.3 is 0 Å². The molecule has 0 heterocycles. The van der Waals surface area contributed by atoms with Crippen LogP contribution in [0, 0.1) is 18.3 Å². The number of nitrogens with zero attached hydrogens (tertiary/aromatic N) is 2. The summed E-state index contributed by atoms with van der Waals surface area (Å²) in [5, 5.41) is 8.56. The van der Waals surface area contributed by atoms with E-state index in [1.54, 1.807) is 4.90 Å². The third-order valence-corrected chi connectivity index (χ3v) is 3.07. The summed E-state index contributed by atoms with van der Waals surface area (Å²) in [7, 11) is 0. The lowest BCUT2D eigenvalue weighted by Crippen LogP contribution is -2.32. The van der Waals surface area contributed by atoms with Gasteiger partial charge in [0.05, 0.1) is 12.5 Å². The molecule has 0 aliphatic heterocycles. The third kappa shape index (κ3) is 3.57. The second-order valence-corrected chi connectivity index (χ2v) is 4.67. The van der Waals surface area contributed by atoms with E-state index < -0.39 is 0 Å². The first-order valence-electron chi connectivity index (χ1n) is 5.52. The van der Waals surface area contributed by atoms with Gasteiger partial charge in [-0.25, -0.2) is 0 Å². The molecule has 0 spiro atoms. The van der Waals surface area contributed by atoms with Gasteiger partial charge in [-0.15, -0.1) is 0 Å². The van der Waals surface area contributed by atoms with Crippen molar-refractivity contribution in [3.63, 3.8) is 0 Å². The van der Waals surface area contributed by atoms with Crippen LogP contribution in [-0.4, -0.2) is 23.9 Å². The molecule has 3 nitrogen and oxygen atoms in total. The molecule has 0 aromatic heterocycles. The summed E-state index contributed by atoms with van der Waals surface area (Å²) in [6, 6.07) is 7.66. The number of rotatable bonds is 4. The van der Waals surface area contributed by atoms with E-state index in [2.05, 4.69) is 22.0 Å². The van der Waals surface area contributed by atoms with Gasteiger partial charge in [0.25, 0.3) is 5.91 Å². The molecule has 0 saturated heterocycles. The molecule has 0 bridgehead atoms. The second-order valence-electron chi connectivity index (χ2n) is 3.75. The lowest BCUT2D eigenvalue weighted by atomic mass is 10.1. The fourth-order valence-electron chi connectivity index (χ4n) is 1.63. The summed E-state index contributed by atoms with van der Waals surface area (Å²) >= 11 is 3.37. The Morgan fingerprint density at radius 1 is 1.53 bits per heavy atom. The number of carbonyl (C=O) groups is 1. The molecule has 0 saturated carbocycles. The summed E-state index contributed by atoms with van der Waals surface area (Å²) < 4.78 is 0.964. The summed E-state index contributed by atoms with van der Waals surface area (Å²) in [5.74, 6) is -0.00671. The van der Waals surface area contributed by atoms with E-state index in [1.807, 2.05) is 32.0 Å². The van der Waals surface area contributed by atoms with E-state index in [4.69, 9.17) is 5.26 Å². The molecular weight excluding hydrogens is 280 g/mol. The van der Waals surface area contributed by atoms with Crippen LogP contribution in [0.15, 0.2) is 22.7 Å². The van der Waals surface area contributed by atoms with Crippen molar-refractivity contribution in [1.29, 1.82) is 5.26 Å². The minimum Gasteiger partial charge on any atom is -0.338 e. The van der Waals surface area contributed by atoms with E-state index >= 15 is 0 Å². The van der Waals surface area contributed by atoms with Gasteiger partial charge < -0.3 is 4.90 Å². The van der Waals surface area contributed by atoms with Crippen LogP contribution in [0.5, 0.6) is 0 Å². The number of benzene rings is 1. The van der Waals surface area contributed by atoms with Gasteiger partial charge in [-0.3, -0.25) is 4.79 Å². The fraction of sp³-hybridized carbons (Fsp3) is 0.385. The maximum atomic E-state index is 12.2. The number of halogens is 1. The van der Waals surface area contributed by atoms with Gasteiger partial charge in [0.1, 0.15) is 0 Å². The Morgan fingerprint density at radius 2 is 2.24 bits per heavy atom. The minimum atomic E-state index is -0.00671. The molecule has 0 fully saturated rings. The molecule has 90 valence electrons. The summed E-state index contributed by atoms with van der Waals surface area (Å²) in [6.45, 7) is 4.94. The smallest absolute Gasteiger partial charge is 0.254 e. The first-order valence-corrected chi connectivity index (χ1v) is 6.31. The number of hydrogen-bond donors (Lipinski definition) is 0. The van der Waals surface area contributed by atoms with Gasteiger partial charge in [-0.1, -0.05) is 15.9 Å². The van der Waals surface area contributed by atoms with Gasteiger partial charge in [0.15, 0.2) is 0 Å². The maximum Gasteiger partial charge on any atom is 0.254 e. The molecule has 1 amide bonds. The first-order chi connectivity index (χ1) is 8.10. The molecule has 0 unspecified atom stereocenters. The number of carbonyl (C=O) groups excluding carboxylic acids is 1. The normalized spacial score (nSPS) is 9.76. The van der Waals surface area contributed by atoms with Crippen LogP contribution >= 0.6 is 15.9 Å². The highest BCUT2D eigenvalue weighted by molar-refractivity contribution is 9.10. The fourth-order valence-corrected chi connectivity index (χ4v) is 2.10. The average molecular weight is 295 g/mol. The van der Waals surface area contributed by atoms with Crippen molar-refractivity contribution in [3.05, 3.63) is 33.8 Å². The van der Waals surface area contributed by atoms with Crippen molar-refractivity contribution in [2.75, 3.05) is 13.1 Å². The van der Waals surface area contributed by atoms with Gasteiger partial charge in [0.2, 0.25) is 0 Å². The molecule has 4 heteroatoms. The van der Waals surface area contributed by atoms with Crippen molar-refractivity contribution in [2.45, 2.75) is 20.3 Å². The van der Waals surface area contributed by atoms with Crippen molar-refractivity contribution in [1.82, 2.24) is 4.90 Å². The number of hydrogen-bond acceptors (Lipinski definition) is 2. The third-order valence-electron chi connectivity index (χ3n) is 2.58. The first kappa shape index (κ1) is 13.7. The molecule has 1 rings (SSSR count). The largest absolute Gasteiger partial charge is 0.338 e. The SMILES string of the molecule is CCN(CCC#N)C(=O)c1ccc(Br)cc1C. The highest BCUT2D eigenvalue weighted by atomic mass is 79.9. The zero-order valence-electron chi connectivity index (χ0n) is 10.0. The Morgan fingerprint density at radius 3 is 2.76 bits per heavy atom. The Labute approximate surface area is 110 Å². The van der Waals surface area contributed by atoms with Crippen LogP contribution in [0.4, 0.5) is 0 Å². The zero-order valence-corrected chi connectivity index (χ0v) is 11.6. The van der Waals surface area contributed by atoms with Crippen molar-refractivity contribution >= 4 is 21.8 Å². The van der Waals surface area contributed by atoms with Gasteiger partial charge in [0, 0.05) is 23.1 Å². The second kappa shape index (κ2) is 6.41. The molecule has 0 N–H and O–H groups in total. The predicted molar refractivity (Wildman–Crippen MR) is 70.7 cm³/mol. The molecule has 0 radical (unpaired) electrons. The molecule has 0 aliphatic rings. The Bertz CT molecular complexity index is 451. The zero-order chi connectivity index (χ0) is 12.8. The standard InChI is InChI=1S/C13H15BrN2O/c1-3-16(8-4-7-15)13(17)12-6-5-11(14)9-10(12)2/h5-6,9H,3-4,8H2,1-2H3. The average Bonchev–Trinajstić information content (AvgIpc) is 2.29. The van der Waals surface area contributed by atoms with Crippen LogP contribution in [0.2, 0.25) is 0 Å². The molecule has 1 aromatic rings. The van der Waals surface area contributed by atoms with Crippen LogP contribution in [0.25, 0.3) is 0 Å². The lowest BCUT2D eigenvalue weighted by molar-refractivity contribution is 0.0767. The Hall–Kier alpha value is -1.34. The van der Waals surface area contributed by atoms with Crippen molar-refractivity contribution < 1.29 is 4.79 Å². The van der Waals surface area contributed by atoms with E-state index in [-0.39, 0.29) is 5.91 Å². The summed E-state index contributed by atoms with van der Waals surface area (Å²) in [5.41, 5.74) is 1.65. The highest BCUT2D eigenvalue weighted by Crippen LogP contribution is 2.17. The number of nitriles is 1. The van der Waals surface area contributed by atoms with Crippen molar-refractivity contribution in [2.24, 2.45) is 0 Å². The molecule has 17 heavy (non-hydrogen) atoms. The van der Waals surface area contributed by atoms with Gasteiger partial charge in [-0.05, 0) is 37.6 Å². The highest BCUT2D eigenvalue weighted by Gasteiger charge is 2.15. The Kier molecular flexibility index (Phi) is 5.17. The predicted octanol–water partition coefficient (Wildman–Crippen LogP) is 3.13. The summed E-state index contributed by atoms with van der Waals surface area (Å²) in [4.78, 5) is 13.9. The van der Waals surface area contributed by atoms with Crippen LogP contribution in [0.3, 0.4) is 0 Å². The maximum absolute atomic E-state index is 12.2. The lowest BCUT2D eigenvalue weighted by Gasteiger charge is -2.20. The summed E-state index contributed by atoms with van der Waals surface area (Å²) in [6.07, 6.45) is 0.370. The van der Waals surface area contributed by atoms with Crippen molar-refractivity contribution in [3.8, 4) is 6.07 Å². The molecular formula is C13H15BrN2O. The van der Waals surface area contributed by atoms with E-state index in [9.17, 15) is 4.79 Å². The molecule has 0 atom stereocenters. The molecule has 0 aliphatic carbocycles. The quantitative estimate of drug-likeness (QED) is 0.856. The number of amides is 1. The van der Waals surface area contributed by atoms with E-state index in [1.165, 1.54) is 0 Å². The van der Waals surface area contributed by atoms with Crippen LogP contribution < -0.4 is 0 Å². The minimum absolute atomic E-state index is 0.00671. The monoisotopic (exact) mass is 294 g/mol. The Balaban J connectivity index is 2.90.